The van der Waals surface area contributed by atoms with Gasteiger partial charge in [0, 0.05) is 11.1 Å². The van der Waals surface area contributed by atoms with E-state index in [0.717, 1.165) is 0 Å². The minimum absolute atomic E-state index is 0.00807. The maximum atomic E-state index is 11.6. The van der Waals surface area contributed by atoms with Crippen molar-refractivity contribution >= 4 is 33.6 Å². The Bertz CT molecular complexity index is 868. The van der Waals surface area contributed by atoms with Crippen molar-refractivity contribution in [2.24, 2.45) is 0 Å². The number of para-hydroxylation sites is 1. The molecule has 4 heteroatoms. The Morgan fingerprint density at radius 2 is 1.65 bits per heavy atom. The maximum Gasteiger partial charge on any atom is 0.162 e. The van der Waals surface area contributed by atoms with E-state index in [2.05, 4.69) is 9.97 Å². The molecule has 98 valence electrons. The fourth-order valence-corrected chi connectivity index (χ4v) is 2.20. The number of benzene rings is 2. The lowest BCUT2D eigenvalue weighted by atomic mass is 10.1. The smallest absolute Gasteiger partial charge is 0.162 e. The van der Waals surface area contributed by atoms with Crippen LogP contribution in [0.4, 0.5) is 0 Å². The number of ketones is 2. The molecule has 0 N–H and O–H groups in total. The molecule has 0 aliphatic rings. The summed E-state index contributed by atoms with van der Waals surface area (Å²) in [7, 11) is 0. The molecule has 0 amide bonds. The van der Waals surface area contributed by atoms with Crippen LogP contribution in [0.25, 0.3) is 22.1 Å². The number of Topliss-reactive ketones (excluding diaryl/α,β-unsaturated/α-hetero) is 2. The van der Waals surface area contributed by atoms with Crippen molar-refractivity contribution in [3.8, 4) is 0 Å². The van der Waals surface area contributed by atoms with Crippen molar-refractivity contribution < 1.29 is 9.59 Å². The highest BCUT2D eigenvalue weighted by molar-refractivity contribution is 6.06. The third-order valence-electron chi connectivity index (χ3n) is 3.25. The second kappa shape index (κ2) is 4.49. The van der Waals surface area contributed by atoms with Crippen molar-refractivity contribution in [2.45, 2.75) is 13.8 Å². The Labute approximate surface area is 115 Å². The van der Waals surface area contributed by atoms with Crippen LogP contribution in [0.3, 0.4) is 0 Å². The zero-order chi connectivity index (χ0) is 14.3. The largest absolute Gasteiger partial charge is 0.295 e. The Morgan fingerprint density at radius 1 is 0.850 bits per heavy atom. The summed E-state index contributed by atoms with van der Waals surface area (Å²) in [6.07, 6.45) is 0. The molecule has 1 heterocycles. The Balaban J connectivity index is 2.36. The standard InChI is InChI=1S/C16H12N2O2/c1-9(19)11-6-7-13-15(8-11)17-14-5-3-4-12(10(2)20)16(14)18-13/h3-8H,1-2H3. The molecule has 0 fully saturated rings. The predicted octanol–water partition coefficient (Wildman–Crippen LogP) is 3.19. The van der Waals surface area contributed by atoms with Crippen molar-refractivity contribution in [3.63, 3.8) is 0 Å². The van der Waals surface area contributed by atoms with Crippen LogP contribution in [-0.4, -0.2) is 21.5 Å². The fourth-order valence-electron chi connectivity index (χ4n) is 2.20. The number of nitrogens with zero attached hydrogens (tertiary/aromatic N) is 2. The number of hydrogen-bond donors (Lipinski definition) is 0. The number of hydrogen-bond acceptors (Lipinski definition) is 4. The molecular formula is C16H12N2O2. The first kappa shape index (κ1) is 12.4. The lowest BCUT2D eigenvalue weighted by Gasteiger charge is -2.05. The van der Waals surface area contributed by atoms with E-state index in [9.17, 15) is 9.59 Å². The molecule has 0 aliphatic heterocycles. The molecule has 0 bridgehead atoms. The van der Waals surface area contributed by atoms with E-state index in [1.165, 1.54) is 13.8 Å². The minimum Gasteiger partial charge on any atom is -0.295 e. The molecule has 0 radical (unpaired) electrons. The molecule has 3 rings (SSSR count). The van der Waals surface area contributed by atoms with E-state index in [1.807, 2.05) is 6.07 Å². The monoisotopic (exact) mass is 264 g/mol. The predicted molar refractivity (Wildman–Crippen MR) is 77.1 cm³/mol. The molecule has 0 saturated heterocycles. The molecule has 0 atom stereocenters. The van der Waals surface area contributed by atoms with Gasteiger partial charge in [0.05, 0.1) is 16.6 Å². The lowest BCUT2D eigenvalue weighted by Crippen LogP contribution is -1.98. The normalized spacial score (nSPS) is 10.9. The van der Waals surface area contributed by atoms with Crippen LogP contribution in [0.15, 0.2) is 36.4 Å². The first-order valence-electron chi connectivity index (χ1n) is 6.28. The minimum atomic E-state index is -0.0374. The highest BCUT2D eigenvalue weighted by Crippen LogP contribution is 2.20. The summed E-state index contributed by atoms with van der Waals surface area (Å²) >= 11 is 0. The average Bonchev–Trinajstić information content (AvgIpc) is 2.43. The van der Waals surface area contributed by atoms with Crippen LogP contribution in [0, 0.1) is 0 Å². The van der Waals surface area contributed by atoms with Gasteiger partial charge in [-0.25, -0.2) is 9.97 Å². The summed E-state index contributed by atoms with van der Waals surface area (Å²) in [6.45, 7) is 3.03. The first-order chi connectivity index (χ1) is 9.56. The van der Waals surface area contributed by atoms with Crippen LogP contribution >= 0.6 is 0 Å². The van der Waals surface area contributed by atoms with Crippen LogP contribution in [0.5, 0.6) is 0 Å². The molecule has 4 nitrogen and oxygen atoms in total. The second-order valence-electron chi connectivity index (χ2n) is 4.71. The average molecular weight is 264 g/mol. The number of aromatic nitrogens is 2. The van der Waals surface area contributed by atoms with Crippen LogP contribution in [0.2, 0.25) is 0 Å². The zero-order valence-corrected chi connectivity index (χ0v) is 11.2. The van der Waals surface area contributed by atoms with E-state index >= 15 is 0 Å². The molecule has 0 spiro atoms. The summed E-state index contributed by atoms with van der Waals surface area (Å²) in [5, 5.41) is 0. The van der Waals surface area contributed by atoms with Gasteiger partial charge in [-0.15, -0.1) is 0 Å². The molecule has 0 aliphatic carbocycles. The Kier molecular flexibility index (Phi) is 2.79. The summed E-state index contributed by atoms with van der Waals surface area (Å²) < 4.78 is 0. The van der Waals surface area contributed by atoms with Crippen molar-refractivity contribution in [2.75, 3.05) is 0 Å². The van der Waals surface area contributed by atoms with Gasteiger partial charge < -0.3 is 0 Å². The quantitative estimate of drug-likeness (QED) is 0.527. The van der Waals surface area contributed by atoms with Gasteiger partial charge in [0.1, 0.15) is 5.52 Å². The molecule has 0 saturated carbocycles. The van der Waals surface area contributed by atoms with Gasteiger partial charge in [-0.2, -0.15) is 0 Å². The van der Waals surface area contributed by atoms with Crippen LogP contribution in [0.1, 0.15) is 34.6 Å². The SMILES string of the molecule is CC(=O)c1ccc2nc3c(C(C)=O)cccc3nc2c1. The van der Waals surface area contributed by atoms with E-state index in [0.29, 0.717) is 33.2 Å². The van der Waals surface area contributed by atoms with Crippen molar-refractivity contribution in [1.29, 1.82) is 0 Å². The highest BCUT2D eigenvalue weighted by Gasteiger charge is 2.10. The van der Waals surface area contributed by atoms with Crippen LogP contribution < -0.4 is 0 Å². The topological polar surface area (TPSA) is 59.9 Å². The summed E-state index contributed by atoms with van der Waals surface area (Å²) in [5.74, 6) is -0.0455. The third kappa shape index (κ3) is 1.95. The lowest BCUT2D eigenvalue weighted by molar-refractivity contribution is 0.101. The van der Waals surface area contributed by atoms with Crippen molar-refractivity contribution in [1.82, 2.24) is 9.97 Å². The van der Waals surface area contributed by atoms with Gasteiger partial charge >= 0.3 is 0 Å². The number of carbonyl (C=O) groups is 2. The maximum absolute atomic E-state index is 11.6. The fraction of sp³-hybridized carbons (Fsp3) is 0.125. The van der Waals surface area contributed by atoms with Gasteiger partial charge in [0.25, 0.3) is 0 Å². The van der Waals surface area contributed by atoms with E-state index in [-0.39, 0.29) is 11.6 Å². The van der Waals surface area contributed by atoms with Gasteiger partial charge in [-0.1, -0.05) is 6.07 Å². The zero-order valence-electron chi connectivity index (χ0n) is 11.2. The molecule has 3 aromatic rings. The first-order valence-corrected chi connectivity index (χ1v) is 6.28. The van der Waals surface area contributed by atoms with E-state index < -0.39 is 0 Å². The summed E-state index contributed by atoms with van der Waals surface area (Å²) in [5.41, 5.74) is 3.76. The van der Waals surface area contributed by atoms with Gasteiger partial charge in [0.15, 0.2) is 11.6 Å². The van der Waals surface area contributed by atoms with Crippen LogP contribution in [-0.2, 0) is 0 Å². The van der Waals surface area contributed by atoms with Gasteiger partial charge in [-0.3, -0.25) is 9.59 Å². The number of fused-ring (bicyclic) bond motifs is 2. The second-order valence-corrected chi connectivity index (χ2v) is 4.71. The van der Waals surface area contributed by atoms with Gasteiger partial charge in [0.2, 0.25) is 0 Å². The summed E-state index contributed by atoms with van der Waals surface area (Å²) in [6, 6.07) is 10.6. The number of carbonyl (C=O) groups excluding carboxylic acids is 2. The molecular weight excluding hydrogens is 252 g/mol. The molecule has 20 heavy (non-hydrogen) atoms. The highest BCUT2D eigenvalue weighted by atomic mass is 16.1. The van der Waals surface area contributed by atoms with Gasteiger partial charge in [-0.05, 0) is 44.2 Å². The van der Waals surface area contributed by atoms with E-state index in [4.69, 9.17) is 0 Å². The number of rotatable bonds is 2. The van der Waals surface area contributed by atoms with Crippen molar-refractivity contribution in [3.05, 3.63) is 47.5 Å². The molecule has 0 unspecified atom stereocenters. The Morgan fingerprint density at radius 3 is 2.35 bits per heavy atom. The third-order valence-corrected chi connectivity index (χ3v) is 3.25. The molecule has 2 aromatic carbocycles. The van der Waals surface area contributed by atoms with E-state index in [1.54, 1.807) is 30.3 Å². The Hall–Kier alpha value is -2.62. The summed E-state index contributed by atoms with van der Waals surface area (Å²) in [4.78, 5) is 32.0. The molecule has 1 aromatic heterocycles.